The van der Waals surface area contributed by atoms with Gasteiger partial charge in [0.2, 0.25) is 5.91 Å². The third-order valence-corrected chi connectivity index (χ3v) is 6.84. The molecule has 0 saturated carbocycles. The summed E-state index contributed by atoms with van der Waals surface area (Å²) in [6.45, 7) is 7.02. The fraction of sp³-hybridized carbons (Fsp3) is 0.367. The first-order valence-corrected chi connectivity index (χ1v) is 12.5. The standard InChI is InChI=1S/C30H33NO4/c1-21-7-9-23(10-8-21)11-12-29(32)31-14-16-34-30-25(19-31)17-24(27-6-4-3-5-22(27)2)18-28(30)35-26-13-15-33-20-26/h3-10,17-18,26H,11-16,19-20H2,1-2H3/t26-/m0/s1. The maximum Gasteiger partial charge on any atom is 0.223 e. The lowest BCUT2D eigenvalue weighted by molar-refractivity contribution is -0.131. The highest BCUT2D eigenvalue weighted by Crippen LogP contribution is 2.40. The fourth-order valence-electron chi connectivity index (χ4n) is 4.79. The van der Waals surface area contributed by atoms with Crippen molar-refractivity contribution in [1.82, 2.24) is 4.90 Å². The number of nitrogens with zero attached hydrogens (tertiary/aromatic N) is 1. The molecule has 2 heterocycles. The smallest absolute Gasteiger partial charge is 0.223 e. The minimum absolute atomic E-state index is 0.0188. The molecule has 0 bridgehead atoms. The van der Waals surface area contributed by atoms with Crippen LogP contribution in [0.15, 0.2) is 60.7 Å². The topological polar surface area (TPSA) is 48.0 Å². The first kappa shape index (κ1) is 23.4. The zero-order chi connectivity index (χ0) is 24.2. The van der Waals surface area contributed by atoms with Crippen LogP contribution in [0.5, 0.6) is 11.5 Å². The van der Waals surface area contributed by atoms with Gasteiger partial charge in [0.1, 0.15) is 12.7 Å². The van der Waals surface area contributed by atoms with Gasteiger partial charge in [-0.05, 0) is 54.7 Å². The van der Waals surface area contributed by atoms with Gasteiger partial charge in [0.05, 0.1) is 19.8 Å². The Hall–Kier alpha value is -3.31. The molecule has 3 aromatic carbocycles. The molecule has 182 valence electrons. The molecular weight excluding hydrogens is 438 g/mol. The normalized spacial score (nSPS) is 17.4. The Balaban J connectivity index is 1.41. The fourth-order valence-corrected chi connectivity index (χ4v) is 4.79. The van der Waals surface area contributed by atoms with Gasteiger partial charge in [-0.2, -0.15) is 0 Å². The second-order valence-corrected chi connectivity index (χ2v) is 9.53. The van der Waals surface area contributed by atoms with Gasteiger partial charge in [0.25, 0.3) is 0 Å². The van der Waals surface area contributed by atoms with Gasteiger partial charge in [0.15, 0.2) is 11.5 Å². The van der Waals surface area contributed by atoms with Gasteiger partial charge >= 0.3 is 0 Å². The lowest BCUT2D eigenvalue weighted by Crippen LogP contribution is -2.32. The molecule has 1 fully saturated rings. The maximum absolute atomic E-state index is 13.2. The van der Waals surface area contributed by atoms with Crippen LogP contribution in [0, 0.1) is 13.8 Å². The summed E-state index contributed by atoms with van der Waals surface area (Å²) in [6, 6.07) is 21.0. The van der Waals surface area contributed by atoms with E-state index in [-0.39, 0.29) is 12.0 Å². The summed E-state index contributed by atoms with van der Waals surface area (Å²) in [4.78, 5) is 15.1. The van der Waals surface area contributed by atoms with Gasteiger partial charge in [-0.1, -0.05) is 54.1 Å². The van der Waals surface area contributed by atoms with Crippen molar-refractivity contribution >= 4 is 5.91 Å². The number of hydrogen-bond donors (Lipinski definition) is 0. The zero-order valence-electron chi connectivity index (χ0n) is 20.6. The Morgan fingerprint density at radius 3 is 2.66 bits per heavy atom. The summed E-state index contributed by atoms with van der Waals surface area (Å²) in [5, 5.41) is 0. The predicted octanol–water partition coefficient (Wildman–Crippen LogP) is 5.49. The summed E-state index contributed by atoms with van der Waals surface area (Å²) < 4.78 is 18.1. The van der Waals surface area contributed by atoms with Crippen molar-refractivity contribution in [2.24, 2.45) is 0 Å². The van der Waals surface area contributed by atoms with E-state index < -0.39 is 0 Å². The summed E-state index contributed by atoms with van der Waals surface area (Å²) in [7, 11) is 0. The first-order valence-electron chi connectivity index (χ1n) is 12.5. The molecular formula is C30H33NO4. The second kappa shape index (κ2) is 10.5. The molecule has 0 spiro atoms. The third kappa shape index (κ3) is 5.51. The molecule has 35 heavy (non-hydrogen) atoms. The van der Waals surface area contributed by atoms with E-state index in [2.05, 4.69) is 68.4 Å². The number of carbonyl (C=O) groups is 1. The lowest BCUT2D eigenvalue weighted by Gasteiger charge is -2.21. The largest absolute Gasteiger partial charge is 0.487 e. The van der Waals surface area contributed by atoms with Crippen LogP contribution in [0.4, 0.5) is 0 Å². The van der Waals surface area contributed by atoms with Gasteiger partial charge in [-0.25, -0.2) is 0 Å². The number of benzene rings is 3. The molecule has 0 unspecified atom stereocenters. The van der Waals surface area contributed by atoms with E-state index >= 15 is 0 Å². The Morgan fingerprint density at radius 2 is 1.89 bits per heavy atom. The van der Waals surface area contributed by atoms with Crippen molar-refractivity contribution < 1.29 is 19.0 Å². The van der Waals surface area contributed by atoms with Gasteiger partial charge in [-0.3, -0.25) is 4.79 Å². The molecule has 0 N–H and O–H groups in total. The monoisotopic (exact) mass is 471 g/mol. The average molecular weight is 472 g/mol. The number of hydrogen-bond acceptors (Lipinski definition) is 4. The minimum atomic E-state index is 0.0188. The summed E-state index contributed by atoms with van der Waals surface area (Å²) in [6.07, 6.45) is 2.11. The van der Waals surface area contributed by atoms with Crippen LogP contribution in [-0.4, -0.2) is 43.3 Å². The van der Waals surface area contributed by atoms with Crippen LogP contribution < -0.4 is 9.47 Å². The molecule has 5 rings (SSSR count). The van der Waals surface area contributed by atoms with Crippen molar-refractivity contribution in [1.29, 1.82) is 0 Å². The molecule has 3 aromatic rings. The lowest BCUT2D eigenvalue weighted by atomic mass is 9.97. The molecule has 5 nitrogen and oxygen atoms in total. The second-order valence-electron chi connectivity index (χ2n) is 9.53. The van der Waals surface area contributed by atoms with Crippen LogP contribution in [0.3, 0.4) is 0 Å². The van der Waals surface area contributed by atoms with E-state index in [9.17, 15) is 4.79 Å². The zero-order valence-corrected chi connectivity index (χ0v) is 20.6. The van der Waals surface area contributed by atoms with Crippen LogP contribution in [0.25, 0.3) is 11.1 Å². The summed E-state index contributed by atoms with van der Waals surface area (Å²) >= 11 is 0. The van der Waals surface area contributed by atoms with Crippen molar-refractivity contribution in [3.05, 3.63) is 82.9 Å². The molecule has 0 aliphatic carbocycles. The van der Waals surface area contributed by atoms with E-state index in [0.29, 0.717) is 39.3 Å². The van der Waals surface area contributed by atoms with Crippen LogP contribution in [-0.2, 0) is 22.5 Å². The molecule has 1 atom stereocenters. The van der Waals surface area contributed by atoms with Crippen molar-refractivity contribution in [3.63, 3.8) is 0 Å². The Morgan fingerprint density at radius 1 is 1.06 bits per heavy atom. The number of fused-ring (bicyclic) bond motifs is 1. The molecule has 1 saturated heterocycles. The van der Waals surface area contributed by atoms with Crippen LogP contribution in [0.2, 0.25) is 0 Å². The predicted molar refractivity (Wildman–Crippen MR) is 137 cm³/mol. The van der Waals surface area contributed by atoms with Crippen LogP contribution in [0.1, 0.15) is 35.1 Å². The van der Waals surface area contributed by atoms with Crippen LogP contribution >= 0.6 is 0 Å². The number of carbonyl (C=O) groups excluding carboxylic acids is 1. The van der Waals surface area contributed by atoms with Gasteiger partial charge in [0, 0.05) is 24.9 Å². The summed E-state index contributed by atoms with van der Waals surface area (Å²) in [5.41, 5.74) is 6.83. The molecule has 2 aliphatic heterocycles. The van der Waals surface area contributed by atoms with E-state index in [0.717, 1.165) is 41.0 Å². The summed E-state index contributed by atoms with van der Waals surface area (Å²) in [5.74, 6) is 1.64. The Labute approximate surface area is 207 Å². The maximum atomic E-state index is 13.2. The van der Waals surface area contributed by atoms with E-state index in [4.69, 9.17) is 14.2 Å². The number of aryl methyl sites for hydroxylation is 3. The van der Waals surface area contributed by atoms with Gasteiger partial charge in [-0.15, -0.1) is 0 Å². The highest BCUT2D eigenvalue weighted by atomic mass is 16.6. The molecule has 0 radical (unpaired) electrons. The SMILES string of the molecule is Cc1ccc(CCC(=O)N2CCOc3c(cc(-c4ccccc4C)cc3O[C@H]3CCOC3)C2)cc1. The quantitative estimate of drug-likeness (QED) is 0.477. The molecule has 0 aromatic heterocycles. The minimum Gasteiger partial charge on any atom is -0.487 e. The first-order chi connectivity index (χ1) is 17.1. The van der Waals surface area contributed by atoms with Crippen molar-refractivity contribution in [2.45, 2.75) is 45.8 Å². The number of amides is 1. The highest BCUT2D eigenvalue weighted by Gasteiger charge is 2.26. The Bertz CT molecular complexity index is 1180. The number of ether oxygens (including phenoxy) is 3. The molecule has 2 aliphatic rings. The number of rotatable bonds is 6. The molecule has 5 heteroatoms. The molecule has 1 amide bonds. The Kier molecular flexibility index (Phi) is 7.05. The van der Waals surface area contributed by atoms with Gasteiger partial charge < -0.3 is 19.1 Å². The van der Waals surface area contributed by atoms with E-state index in [1.807, 2.05) is 11.0 Å². The van der Waals surface area contributed by atoms with Crippen molar-refractivity contribution in [2.75, 3.05) is 26.4 Å². The van der Waals surface area contributed by atoms with Crippen molar-refractivity contribution in [3.8, 4) is 22.6 Å². The average Bonchev–Trinajstić information content (AvgIpc) is 3.27. The van der Waals surface area contributed by atoms with E-state index in [1.165, 1.54) is 16.7 Å². The third-order valence-electron chi connectivity index (χ3n) is 6.84. The highest BCUT2D eigenvalue weighted by molar-refractivity contribution is 5.77. The van der Waals surface area contributed by atoms with E-state index in [1.54, 1.807) is 0 Å².